The Balaban J connectivity index is -0.000000127. The van der Waals surface area contributed by atoms with E-state index in [0.29, 0.717) is 0 Å². The fraction of sp³-hybridized carbons (Fsp3) is 0. The minimum Gasteiger partial charge on any atom is -0.357 e. The second-order valence-corrected chi connectivity index (χ2v) is 2.10. The molecule has 1 radical (unpaired) electrons. The number of hydrogen-bond acceptors (Lipinski definition) is 6. The van der Waals surface area contributed by atoms with E-state index >= 15 is 0 Å². The van der Waals surface area contributed by atoms with Crippen molar-refractivity contribution in [2.24, 2.45) is 0 Å². The van der Waals surface area contributed by atoms with E-state index in [2.05, 4.69) is 0 Å². The van der Waals surface area contributed by atoms with Crippen LogP contribution in [0.2, 0.25) is 0 Å². The summed E-state index contributed by atoms with van der Waals surface area (Å²) in [6.07, 6.45) is 0. The van der Waals surface area contributed by atoms with Crippen molar-refractivity contribution in [1.82, 2.24) is 0 Å². The monoisotopic (exact) mass is 321 g/mol. The molecule has 0 N–H and O–H groups in total. The molecule has 0 aliphatic rings. The molecule has 0 aliphatic carbocycles. The van der Waals surface area contributed by atoms with Crippen LogP contribution in [0.25, 0.3) is 0 Å². The molecule has 0 heterocycles. The van der Waals surface area contributed by atoms with Gasteiger partial charge < -0.3 is 28.0 Å². The molecular weight excluding hydrogens is 318 g/mol. The molecule has 0 fully saturated rings. The Bertz CT molecular complexity index is 131. The maximum Gasteiger partial charge on any atom is 3.00 e. The molecule has 0 atom stereocenters. The van der Waals surface area contributed by atoms with Crippen molar-refractivity contribution >= 4 is 0 Å². The largest absolute Gasteiger partial charge is 3.00 e. The fourth-order valence-electron chi connectivity index (χ4n) is 0.321. The maximum atomic E-state index is 8.41. The van der Waals surface area contributed by atoms with Crippen LogP contribution < -0.4 is 28.0 Å². The zero-order valence-corrected chi connectivity index (χ0v) is 10.6. The Kier molecular flexibility index (Phi) is 22.9. The first-order chi connectivity index (χ1) is 5.96. The smallest absolute Gasteiger partial charge is 0.357 e. The van der Waals surface area contributed by atoms with Crippen molar-refractivity contribution in [3.05, 3.63) is 30.3 Å². The van der Waals surface area contributed by atoms with Crippen molar-refractivity contribution in [2.45, 2.75) is 0 Å². The van der Waals surface area contributed by atoms with Crippen molar-refractivity contribution in [3.63, 3.8) is 0 Å². The molecule has 6 nitrogen and oxygen atoms in total. The molecule has 79 valence electrons. The second kappa shape index (κ2) is 16.0. The quantitative estimate of drug-likeness (QED) is 0.436. The van der Waals surface area contributed by atoms with Gasteiger partial charge in [-0.3, -0.25) is 0 Å². The van der Waals surface area contributed by atoms with Crippen LogP contribution in [0.15, 0.2) is 30.3 Å². The fourth-order valence-corrected chi connectivity index (χ4v) is 0.321. The van der Waals surface area contributed by atoms with Gasteiger partial charge in [-0.15, -0.1) is 0 Å². The number of rotatable bonds is 0. The van der Waals surface area contributed by atoms with Crippen LogP contribution in [0, 0.1) is 21.6 Å². The minimum absolute atomic E-state index is 0. The van der Waals surface area contributed by atoms with Gasteiger partial charge in [-0.1, -0.05) is 0 Å². The third-order valence-corrected chi connectivity index (χ3v) is 0.556. The third-order valence-electron chi connectivity index (χ3n) is 0.556. The van der Waals surface area contributed by atoms with Crippen molar-refractivity contribution in [1.29, 1.82) is 0 Å². The van der Waals surface area contributed by atoms with Crippen LogP contribution in [-0.2, 0) is 26.2 Å². The van der Waals surface area contributed by atoms with E-state index in [1.807, 2.05) is 30.3 Å². The predicted octanol–water partition coefficient (Wildman–Crippen LogP) is -5.73. The van der Waals surface area contributed by atoms with Gasteiger partial charge in [-0.25, -0.2) is 12.1 Å². The minimum atomic E-state index is -2.85. The van der Waals surface area contributed by atoms with Crippen LogP contribution in [0.5, 0.6) is 0 Å². The van der Waals surface area contributed by atoms with E-state index in [0.717, 1.165) is 0 Å². The summed E-state index contributed by atoms with van der Waals surface area (Å²) in [5.74, 6) is 0. The Morgan fingerprint density at radius 3 is 1.00 bits per heavy atom. The normalized spacial score (nSPS) is 8.00. The molecule has 0 unspecified atom stereocenters. The summed E-state index contributed by atoms with van der Waals surface area (Å²) in [6, 6.07) is 10.0. The van der Waals surface area contributed by atoms with Crippen molar-refractivity contribution in [3.8, 4) is 0 Å². The molecule has 1 rings (SSSR count). The zero-order chi connectivity index (χ0) is 10.7. The second-order valence-electron chi connectivity index (χ2n) is 1.34. The van der Waals surface area contributed by atoms with E-state index in [1.165, 1.54) is 0 Å². The first-order valence-electron chi connectivity index (χ1n) is 2.59. The van der Waals surface area contributed by atoms with Crippen LogP contribution in [0.3, 0.4) is 0 Å². The van der Waals surface area contributed by atoms with Crippen LogP contribution in [0.4, 0.5) is 0 Å². The Labute approximate surface area is 106 Å². The Hall–Kier alpha value is 0.573. The average Bonchev–Trinajstić information content (AvgIpc) is 2.35. The standard InChI is InChI=1S/C5H5.2ClO3.Zr/c1-2-4-5-3-1;2*2-1(3)4;/h1-5H;;;/q3*-1;+3. The summed E-state index contributed by atoms with van der Waals surface area (Å²) in [6.45, 7) is 0. The van der Waals surface area contributed by atoms with Crippen LogP contribution in [-0.4, -0.2) is 0 Å². The molecule has 0 bridgehead atoms. The summed E-state index contributed by atoms with van der Waals surface area (Å²) in [5.41, 5.74) is 0. The molecule has 14 heavy (non-hydrogen) atoms. The Morgan fingerprint density at radius 2 is 0.929 bits per heavy atom. The van der Waals surface area contributed by atoms with Crippen LogP contribution in [0.1, 0.15) is 0 Å². The summed E-state index contributed by atoms with van der Waals surface area (Å²) >= 11 is 0. The SMILES string of the molecule is [O-][Cl+2]([O-])[O-].[O-][Cl+2]([O-])[O-].[Zr+3].c1cc[cH-]c1. The van der Waals surface area contributed by atoms with Gasteiger partial charge in [0.1, 0.15) is 0 Å². The molecule has 0 saturated heterocycles. The summed E-state index contributed by atoms with van der Waals surface area (Å²) in [7, 11) is -5.70. The van der Waals surface area contributed by atoms with E-state index in [4.69, 9.17) is 28.0 Å². The molecule has 1 aromatic carbocycles. The topological polar surface area (TPSA) is 138 Å². The molecule has 0 spiro atoms. The van der Waals surface area contributed by atoms with E-state index < -0.39 is 21.6 Å². The molecule has 0 aliphatic heterocycles. The third kappa shape index (κ3) is 54.2. The molecule has 9 heteroatoms. The summed E-state index contributed by atoms with van der Waals surface area (Å²) in [4.78, 5) is 0. The van der Waals surface area contributed by atoms with Crippen molar-refractivity contribution in [2.75, 3.05) is 0 Å². The van der Waals surface area contributed by atoms with E-state index in [1.54, 1.807) is 0 Å². The number of halogens is 2. The van der Waals surface area contributed by atoms with Gasteiger partial charge in [0.2, 0.25) is 0 Å². The van der Waals surface area contributed by atoms with Gasteiger partial charge in [0.25, 0.3) is 0 Å². The molecule has 0 aromatic heterocycles. The van der Waals surface area contributed by atoms with Gasteiger partial charge >= 0.3 is 26.2 Å². The van der Waals surface area contributed by atoms with Gasteiger partial charge in [0.05, 0.1) is 21.6 Å². The maximum absolute atomic E-state index is 8.41. The van der Waals surface area contributed by atoms with Gasteiger partial charge in [0.15, 0.2) is 0 Å². The molecule has 0 amide bonds. The van der Waals surface area contributed by atoms with E-state index in [9.17, 15) is 0 Å². The summed E-state index contributed by atoms with van der Waals surface area (Å²) in [5, 5.41) is 0. The van der Waals surface area contributed by atoms with E-state index in [-0.39, 0.29) is 26.2 Å². The molecule has 1 aromatic rings. The zero-order valence-electron chi connectivity index (χ0n) is 6.59. The summed E-state index contributed by atoms with van der Waals surface area (Å²) < 4.78 is 50.4. The first kappa shape index (κ1) is 20.0. The Morgan fingerprint density at radius 1 is 0.714 bits per heavy atom. The van der Waals surface area contributed by atoms with Gasteiger partial charge in [-0.2, -0.15) is 18.2 Å². The first-order valence-corrected chi connectivity index (χ1v) is 4.44. The predicted molar refractivity (Wildman–Crippen MR) is 22.0 cm³/mol. The van der Waals surface area contributed by atoms with Crippen LogP contribution >= 0.6 is 0 Å². The molecular formula is C5H5Cl2O6Zr. The number of hydrogen-bond donors (Lipinski definition) is 0. The van der Waals surface area contributed by atoms with Gasteiger partial charge in [-0.05, 0) is 0 Å². The van der Waals surface area contributed by atoms with Gasteiger partial charge in [0, 0.05) is 0 Å². The average molecular weight is 323 g/mol. The molecule has 0 saturated carbocycles. The van der Waals surface area contributed by atoms with Crippen molar-refractivity contribution < 1.29 is 75.7 Å².